The monoisotopic (exact) mass is 239 g/mol. The molecule has 1 aliphatic carbocycles. The second-order valence-corrected chi connectivity index (χ2v) is 5.79. The maximum atomic E-state index is 10.6. The molecular weight excluding hydrogens is 226 g/mol. The summed E-state index contributed by atoms with van der Waals surface area (Å²) in [6.07, 6.45) is 6.67. The van der Waals surface area contributed by atoms with Gasteiger partial charge in [-0.25, -0.2) is 4.98 Å². The molecule has 0 radical (unpaired) electrons. The van der Waals surface area contributed by atoms with Crippen LogP contribution >= 0.6 is 11.3 Å². The van der Waals surface area contributed by atoms with Gasteiger partial charge in [-0.3, -0.25) is 10.1 Å². The molecule has 1 aromatic heterocycles. The van der Waals surface area contributed by atoms with Crippen molar-refractivity contribution in [1.82, 2.24) is 4.98 Å². The van der Waals surface area contributed by atoms with Crippen LogP contribution in [0.4, 0.5) is 10.1 Å². The predicted molar refractivity (Wildman–Crippen MR) is 61.9 cm³/mol. The van der Waals surface area contributed by atoms with Crippen LogP contribution in [0.3, 0.4) is 0 Å². The highest BCUT2D eigenvalue weighted by molar-refractivity contribution is 7.18. The molecule has 3 rings (SSSR count). The molecule has 0 aromatic carbocycles. The SMILES string of the molecule is O=[N+]([O-])c1cnc(N2CC3(CCCC3)C2)s1. The summed E-state index contributed by atoms with van der Waals surface area (Å²) in [7, 11) is 0. The van der Waals surface area contributed by atoms with Crippen molar-refractivity contribution in [1.29, 1.82) is 0 Å². The Morgan fingerprint density at radius 2 is 2.12 bits per heavy atom. The van der Waals surface area contributed by atoms with Crippen LogP contribution in [0.25, 0.3) is 0 Å². The highest BCUT2D eigenvalue weighted by Crippen LogP contribution is 2.47. The summed E-state index contributed by atoms with van der Waals surface area (Å²) in [5.74, 6) is 0. The summed E-state index contributed by atoms with van der Waals surface area (Å²) >= 11 is 1.18. The standard InChI is InChI=1S/C10H13N3O2S/c14-13(15)8-5-11-9(16-8)12-6-10(7-12)3-1-2-4-10/h5H,1-4,6-7H2. The minimum atomic E-state index is -0.369. The molecule has 0 unspecified atom stereocenters. The van der Waals surface area contributed by atoms with Gasteiger partial charge >= 0.3 is 5.00 Å². The largest absolute Gasteiger partial charge is 0.347 e. The first-order valence-corrected chi connectivity index (χ1v) is 6.35. The van der Waals surface area contributed by atoms with Crippen molar-refractivity contribution in [2.45, 2.75) is 25.7 Å². The van der Waals surface area contributed by atoms with Gasteiger partial charge in [0.2, 0.25) is 0 Å². The smallest absolute Gasteiger partial charge is 0.345 e. The van der Waals surface area contributed by atoms with E-state index in [1.165, 1.54) is 43.2 Å². The molecule has 6 heteroatoms. The highest BCUT2D eigenvalue weighted by atomic mass is 32.1. The van der Waals surface area contributed by atoms with Crippen LogP contribution in [-0.2, 0) is 0 Å². The van der Waals surface area contributed by atoms with E-state index in [0.717, 1.165) is 18.2 Å². The Morgan fingerprint density at radius 3 is 2.69 bits per heavy atom. The fourth-order valence-electron chi connectivity index (χ4n) is 2.83. The predicted octanol–water partition coefficient (Wildman–Crippen LogP) is 2.43. The number of hydrogen-bond acceptors (Lipinski definition) is 5. The molecule has 1 aromatic rings. The van der Waals surface area contributed by atoms with Gasteiger partial charge in [-0.15, -0.1) is 0 Å². The summed E-state index contributed by atoms with van der Waals surface area (Å²) in [4.78, 5) is 16.5. The third-order valence-electron chi connectivity index (χ3n) is 3.65. The second-order valence-electron chi connectivity index (χ2n) is 4.80. The Balaban J connectivity index is 1.69. The lowest BCUT2D eigenvalue weighted by atomic mass is 9.79. The second kappa shape index (κ2) is 3.41. The molecule has 1 aliphatic heterocycles. The van der Waals surface area contributed by atoms with E-state index >= 15 is 0 Å². The lowest BCUT2D eigenvalue weighted by molar-refractivity contribution is -0.380. The Bertz CT molecular complexity index is 417. The van der Waals surface area contributed by atoms with Crippen molar-refractivity contribution >= 4 is 21.5 Å². The van der Waals surface area contributed by atoms with E-state index in [1.54, 1.807) is 0 Å². The van der Waals surface area contributed by atoms with Crippen LogP contribution in [0.5, 0.6) is 0 Å². The maximum absolute atomic E-state index is 10.6. The molecule has 0 bridgehead atoms. The van der Waals surface area contributed by atoms with Gasteiger partial charge in [0.1, 0.15) is 6.20 Å². The van der Waals surface area contributed by atoms with Crippen molar-refractivity contribution in [3.63, 3.8) is 0 Å². The van der Waals surface area contributed by atoms with Crippen molar-refractivity contribution < 1.29 is 4.92 Å². The summed E-state index contributed by atoms with van der Waals surface area (Å²) in [5, 5.41) is 11.5. The normalized spacial score (nSPS) is 22.4. The molecule has 16 heavy (non-hydrogen) atoms. The Hall–Kier alpha value is -1.17. The van der Waals surface area contributed by atoms with E-state index in [9.17, 15) is 10.1 Å². The Labute approximate surface area is 97.2 Å². The number of thiazole rings is 1. The van der Waals surface area contributed by atoms with Gasteiger partial charge in [-0.2, -0.15) is 0 Å². The summed E-state index contributed by atoms with van der Waals surface area (Å²) in [6.45, 7) is 2.08. The van der Waals surface area contributed by atoms with Gasteiger partial charge in [0.15, 0.2) is 5.13 Å². The fourth-order valence-corrected chi connectivity index (χ4v) is 3.56. The minimum absolute atomic E-state index is 0.141. The lowest BCUT2D eigenvalue weighted by Gasteiger charge is -2.48. The summed E-state index contributed by atoms with van der Waals surface area (Å²) in [5.41, 5.74) is 0.514. The van der Waals surface area contributed by atoms with Crippen LogP contribution < -0.4 is 4.90 Å². The van der Waals surface area contributed by atoms with Gasteiger partial charge in [0.25, 0.3) is 0 Å². The van der Waals surface area contributed by atoms with Crippen LogP contribution in [0.1, 0.15) is 25.7 Å². The minimum Gasteiger partial charge on any atom is -0.347 e. The van der Waals surface area contributed by atoms with Crippen molar-refractivity contribution in [3.8, 4) is 0 Å². The zero-order valence-corrected chi connectivity index (χ0v) is 9.70. The number of rotatable bonds is 2. The number of nitro groups is 1. The molecule has 0 N–H and O–H groups in total. The van der Waals surface area contributed by atoms with E-state index in [2.05, 4.69) is 9.88 Å². The van der Waals surface area contributed by atoms with Gasteiger partial charge < -0.3 is 4.90 Å². The zero-order chi connectivity index (χ0) is 11.2. The number of hydrogen-bond donors (Lipinski definition) is 0. The van der Waals surface area contributed by atoms with E-state index in [0.29, 0.717) is 5.41 Å². The first-order chi connectivity index (χ1) is 7.69. The van der Waals surface area contributed by atoms with E-state index in [4.69, 9.17) is 0 Å². The molecule has 1 spiro atoms. The molecule has 1 saturated heterocycles. The third-order valence-corrected chi connectivity index (χ3v) is 4.66. The van der Waals surface area contributed by atoms with Gasteiger partial charge in [-0.1, -0.05) is 12.8 Å². The molecule has 0 amide bonds. The summed E-state index contributed by atoms with van der Waals surface area (Å²) in [6, 6.07) is 0. The molecule has 5 nitrogen and oxygen atoms in total. The summed E-state index contributed by atoms with van der Waals surface area (Å²) < 4.78 is 0. The maximum Gasteiger partial charge on any atom is 0.345 e. The van der Waals surface area contributed by atoms with Gasteiger partial charge in [0.05, 0.1) is 4.92 Å². The van der Waals surface area contributed by atoms with E-state index < -0.39 is 0 Å². The molecular formula is C10H13N3O2S. The van der Waals surface area contributed by atoms with Gasteiger partial charge in [0, 0.05) is 18.5 Å². The van der Waals surface area contributed by atoms with Crippen LogP contribution in [0, 0.1) is 15.5 Å². The Morgan fingerprint density at radius 1 is 1.44 bits per heavy atom. The molecule has 2 fully saturated rings. The molecule has 2 heterocycles. The molecule has 86 valence electrons. The van der Waals surface area contributed by atoms with E-state index in [1.807, 2.05) is 0 Å². The average Bonchev–Trinajstić information content (AvgIpc) is 2.84. The quantitative estimate of drug-likeness (QED) is 0.587. The van der Waals surface area contributed by atoms with Crippen molar-refractivity contribution in [3.05, 3.63) is 16.3 Å². The topological polar surface area (TPSA) is 59.3 Å². The molecule has 2 aliphatic rings. The first-order valence-electron chi connectivity index (χ1n) is 5.54. The highest BCUT2D eigenvalue weighted by Gasteiger charge is 2.45. The third kappa shape index (κ3) is 1.48. The van der Waals surface area contributed by atoms with Crippen LogP contribution in [0.15, 0.2) is 6.20 Å². The van der Waals surface area contributed by atoms with Crippen molar-refractivity contribution in [2.75, 3.05) is 18.0 Å². The fraction of sp³-hybridized carbons (Fsp3) is 0.700. The average molecular weight is 239 g/mol. The zero-order valence-electron chi connectivity index (χ0n) is 8.89. The molecule has 0 atom stereocenters. The lowest BCUT2D eigenvalue weighted by Crippen LogP contribution is -2.55. The number of nitrogens with zero attached hydrogens (tertiary/aromatic N) is 3. The number of aromatic nitrogens is 1. The molecule has 1 saturated carbocycles. The first kappa shape index (κ1) is 10.0. The van der Waals surface area contributed by atoms with Crippen LogP contribution in [-0.4, -0.2) is 23.0 Å². The number of anilines is 1. The van der Waals surface area contributed by atoms with Crippen LogP contribution in [0.2, 0.25) is 0 Å². The van der Waals surface area contributed by atoms with Crippen molar-refractivity contribution in [2.24, 2.45) is 5.41 Å². The van der Waals surface area contributed by atoms with E-state index in [-0.39, 0.29) is 9.92 Å². The van der Waals surface area contributed by atoms with Gasteiger partial charge in [-0.05, 0) is 24.2 Å². The Kier molecular flexibility index (Phi) is 2.14.